The second kappa shape index (κ2) is 6.24. The van der Waals surface area contributed by atoms with Crippen LogP contribution in [0.5, 0.6) is 0 Å². The summed E-state index contributed by atoms with van der Waals surface area (Å²) in [6.45, 7) is 0. The van der Waals surface area contributed by atoms with Crippen LogP contribution in [0.3, 0.4) is 0 Å². The Morgan fingerprint density at radius 1 is 1.18 bits per heavy atom. The Bertz CT molecular complexity index is 851. The smallest absolute Gasteiger partial charge is 0.285 e. The molecule has 0 aliphatic heterocycles. The first kappa shape index (κ1) is 16.1. The first-order valence-electron chi connectivity index (χ1n) is 5.91. The average Bonchev–Trinajstić information content (AvgIpc) is 2.47. The van der Waals surface area contributed by atoms with Gasteiger partial charge in [-0.1, -0.05) is 30.3 Å². The second-order valence-electron chi connectivity index (χ2n) is 4.19. The van der Waals surface area contributed by atoms with Crippen molar-refractivity contribution >= 4 is 37.5 Å². The Morgan fingerprint density at radius 3 is 2.41 bits per heavy atom. The van der Waals surface area contributed by atoms with Crippen LogP contribution in [-0.2, 0) is 10.0 Å². The molecule has 9 heteroatoms. The first-order valence-corrected chi connectivity index (χ1v) is 8.14. The van der Waals surface area contributed by atoms with Gasteiger partial charge in [-0.2, -0.15) is 8.42 Å². The highest BCUT2D eigenvalue weighted by Gasteiger charge is 2.21. The van der Waals surface area contributed by atoms with Crippen molar-refractivity contribution in [3.05, 3.63) is 68.7 Å². The maximum atomic E-state index is 12.3. The summed E-state index contributed by atoms with van der Waals surface area (Å²) in [7, 11) is -4.18. The maximum Gasteiger partial charge on any atom is 0.285 e. The Hall–Kier alpha value is -2.26. The lowest BCUT2D eigenvalue weighted by Crippen LogP contribution is -2.16. The molecule has 2 aromatic rings. The summed E-state index contributed by atoms with van der Waals surface area (Å²) in [6.07, 6.45) is 0. The fourth-order valence-corrected chi connectivity index (χ4v) is 3.55. The number of nitro benzene ring substituents is 1. The van der Waals surface area contributed by atoms with E-state index in [4.69, 9.17) is 5.73 Å². The molecule has 22 heavy (non-hydrogen) atoms. The van der Waals surface area contributed by atoms with Crippen molar-refractivity contribution in [2.45, 2.75) is 4.90 Å². The van der Waals surface area contributed by atoms with E-state index in [1.165, 1.54) is 12.1 Å². The van der Waals surface area contributed by atoms with Gasteiger partial charge in [0.25, 0.3) is 15.7 Å². The third kappa shape index (κ3) is 3.49. The van der Waals surface area contributed by atoms with Crippen molar-refractivity contribution in [1.82, 2.24) is 0 Å². The molecule has 7 nitrogen and oxygen atoms in total. The summed E-state index contributed by atoms with van der Waals surface area (Å²) in [5.74, 6) is -0.195. The SMILES string of the molecule is N/C(=N\S(=O)(=O)c1cc([N+](=O)[O-])ccc1Br)c1ccccc1. The van der Waals surface area contributed by atoms with Crippen molar-refractivity contribution in [3.63, 3.8) is 0 Å². The Balaban J connectivity index is 2.52. The summed E-state index contributed by atoms with van der Waals surface area (Å²) in [4.78, 5) is 9.77. The molecule has 0 radical (unpaired) electrons. The van der Waals surface area contributed by atoms with E-state index >= 15 is 0 Å². The normalized spacial score (nSPS) is 12.1. The highest BCUT2D eigenvalue weighted by molar-refractivity contribution is 9.10. The zero-order valence-corrected chi connectivity index (χ0v) is 13.4. The van der Waals surface area contributed by atoms with Gasteiger partial charge in [0, 0.05) is 22.2 Å². The quantitative estimate of drug-likeness (QED) is 0.376. The van der Waals surface area contributed by atoms with E-state index in [1.807, 2.05) is 0 Å². The molecule has 0 fully saturated rings. The lowest BCUT2D eigenvalue weighted by atomic mass is 10.2. The highest BCUT2D eigenvalue weighted by Crippen LogP contribution is 2.28. The van der Waals surface area contributed by atoms with E-state index in [1.54, 1.807) is 30.3 Å². The van der Waals surface area contributed by atoms with Gasteiger partial charge in [-0.15, -0.1) is 4.40 Å². The van der Waals surface area contributed by atoms with Gasteiger partial charge in [0.1, 0.15) is 10.7 Å². The predicted molar refractivity (Wildman–Crippen MR) is 85.1 cm³/mol. The molecule has 0 aliphatic carbocycles. The molecule has 0 saturated heterocycles. The number of rotatable bonds is 4. The molecule has 0 spiro atoms. The van der Waals surface area contributed by atoms with Gasteiger partial charge in [0.05, 0.1) is 4.92 Å². The fraction of sp³-hybridized carbons (Fsp3) is 0. The van der Waals surface area contributed by atoms with Gasteiger partial charge in [-0.3, -0.25) is 10.1 Å². The van der Waals surface area contributed by atoms with Gasteiger partial charge >= 0.3 is 0 Å². The van der Waals surface area contributed by atoms with Gasteiger partial charge in [0.15, 0.2) is 0 Å². The minimum absolute atomic E-state index is 0.169. The van der Waals surface area contributed by atoms with E-state index in [-0.39, 0.29) is 20.9 Å². The van der Waals surface area contributed by atoms with Crippen LogP contribution in [-0.4, -0.2) is 19.2 Å². The third-order valence-corrected chi connectivity index (χ3v) is 4.98. The van der Waals surface area contributed by atoms with Gasteiger partial charge in [0.2, 0.25) is 0 Å². The lowest BCUT2D eigenvalue weighted by molar-refractivity contribution is -0.385. The van der Waals surface area contributed by atoms with Crippen LogP contribution in [0.4, 0.5) is 5.69 Å². The topological polar surface area (TPSA) is 116 Å². The number of hydrogen-bond acceptors (Lipinski definition) is 4. The van der Waals surface area contributed by atoms with Crippen LogP contribution < -0.4 is 5.73 Å². The minimum Gasteiger partial charge on any atom is -0.383 e. The molecule has 0 heterocycles. The summed E-state index contributed by atoms with van der Waals surface area (Å²) >= 11 is 3.05. The van der Waals surface area contributed by atoms with E-state index in [0.29, 0.717) is 5.56 Å². The molecular weight excluding hydrogens is 374 g/mol. The van der Waals surface area contributed by atoms with Gasteiger partial charge in [-0.25, -0.2) is 0 Å². The van der Waals surface area contributed by atoms with Crippen molar-refractivity contribution in [1.29, 1.82) is 0 Å². The van der Waals surface area contributed by atoms with Crippen LogP contribution in [0, 0.1) is 10.1 Å². The highest BCUT2D eigenvalue weighted by atomic mass is 79.9. The predicted octanol–water partition coefficient (Wildman–Crippen LogP) is 2.45. The first-order chi connectivity index (χ1) is 10.3. The molecule has 2 rings (SSSR count). The molecule has 0 amide bonds. The van der Waals surface area contributed by atoms with Gasteiger partial charge < -0.3 is 5.73 Å². The molecule has 0 unspecified atom stereocenters. The Labute approximate surface area is 134 Å². The Morgan fingerprint density at radius 2 is 1.82 bits per heavy atom. The average molecular weight is 384 g/mol. The number of nitrogens with zero attached hydrogens (tertiary/aromatic N) is 2. The molecule has 0 aromatic heterocycles. The summed E-state index contributed by atoms with van der Waals surface area (Å²) < 4.78 is 28.3. The maximum absolute atomic E-state index is 12.3. The van der Waals surface area contributed by atoms with Crippen molar-refractivity contribution in [3.8, 4) is 0 Å². The number of sulfonamides is 1. The third-order valence-electron chi connectivity index (χ3n) is 2.69. The van der Waals surface area contributed by atoms with Crippen LogP contribution >= 0.6 is 15.9 Å². The largest absolute Gasteiger partial charge is 0.383 e. The lowest BCUT2D eigenvalue weighted by Gasteiger charge is -2.04. The Kier molecular flexibility index (Phi) is 4.57. The molecule has 114 valence electrons. The van der Waals surface area contributed by atoms with E-state index < -0.39 is 14.9 Å². The summed E-state index contributed by atoms with van der Waals surface area (Å²) in [6, 6.07) is 11.7. The number of amidine groups is 1. The number of hydrogen-bond donors (Lipinski definition) is 1. The van der Waals surface area contributed by atoms with E-state index in [9.17, 15) is 18.5 Å². The molecule has 0 atom stereocenters. The van der Waals surface area contributed by atoms with Gasteiger partial charge in [-0.05, 0) is 22.0 Å². The monoisotopic (exact) mass is 383 g/mol. The van der Waals surface area contributed by atoms with E-state index in [2.05, 4.69) is 20.3 Å². The summed E-state index contributed by atoms with van der Waals surface area (Å²) in [5.41, 5.74) is 5.77. The molecule has 0 aliphatic rings. The van der Waals surface area contributed by atoms with Crippen LogP contribution in [0.25, 0.3) is 0 Å². The molecule has 0 saturated carbocycles. The zero-order valence-electron chi connectivity index (χ0n) is 11.0. The zero-order chi connectivity index (χ0) is 16.3. The van der Waals surface area contributed by atoms with Crippen LogP contribution in [0.1, 0.15) is 5.56 Å². The molecule has 2 aromatic carbocycles. The second-order valence-corrected chi connectivity index (χ2v) is 6.62. The molecule has 0 bridgehead atoms. The standard InChI is InChI=1S/C13H10BrN3O4S/c14-11-7-6-10(17(18)19)8-12(11)22(20,21)16-13(15)9-4-2-1-3-5-9/h1-8H,(H2,15,16). The fourth-order valence-electron chi connectivity index (χ4n) is 1.64. The molecular formula is C13H10BrN3O4S. The van der Waals surface area contributed by atoms with Crippen LogP contribution in [0.2, 0.25) is 0 Å². The van der Waals surface area contributed by atoms with Crippen molar-refractivity contribution < 1.29 is 13.3 Å². The number of halogens is 1. The number of non-ortho nitro benzene ring substituents is 1. The molecule has 2 N–H and O–H groups in total. The van der Waals surface area contributed by atoms with Crippen molar-refractivity contribution in [2.24, 2.45) is 10.1 Å². The minimum atomic E-state index is -4.18. The van der Waals surface area contributed by atoms with E-state index in [0.717, 1.165) is 6.07 Å². The number of nitro groups is 1. The number of benzene rings is 2. The summed E-state index contributed by atoms with van der Waals surface area (Å²) in [5, 5.41) is 10.8. The number of nitrogens with two attached hydrogens (primary N) is 1. The van der Waals surface area contributed by atoms with Crippen LogP contribution in [0.15, 0.2) is 62.3 Å². The van der Waals surface area contributed by atoms with Crippen molar-refractivity contribution in [2.75, 3.05) is 0 Å².